The minimum absolute atomic E-state index is 0.0144. The van der Waals surface area contributed by atoms with Crippen LogP contribution in [-0.2, 0) is 22.7 Å². The monoisotopic (exact) mass is 280 g/mol. The molecule has 0 bridgehead atoms. The van der Waals surface area contributed by atoms with Gasteiger partial charge in [0, 0.05) is 26.8 Å². The summed E-state index contributed by atoms with van der Waals surface area (Å²) in [5.41, 5.74) is 1.93. The molecule has 1 unspecified atom stereocenters. The summed E-state index contributed by atoms with van der Waals surface area (Å²) in [7, 11) is 1.65. The number of methoxy groups -OCH3 is 1. The standard InChI is InChI=1S/C15H24N2O3/c1-12(15(19)16-7-4-8-20-2)17-10-13-5-3-6-14(9-13)11-18/h3,5-6,9,12,17-18H,4,7-8,10-11H2,1-2H3,(H,16,19). The van der Waals surface area contributed by atoms with E-state index in [1.54, 1.807) is 7.11 Å². The van der Waals surface area contributed by atoms with Crippen molar-refractivity contribution in [3.8, 4) is 0 Å². The van der Waals surface area contributed by atoms with Crippen molar-refractivity contribution in [3.05, 3.63) is 35.4 Å². The SMILES string of the molecule is COCCCNC(=O)C(C)NCc1cccc(CO)c1. The molecular formula is C15H24N2O3. The quantitative estimate of drug-likeness (QED) is 0.585. The molecule has 3 N–H and O–H groups in total. The zero-order chi connectivity index (χ0) is 14.8. The van der Waals surface area contributed by atoms with Crippen molar-refractivity contribution in [2.75, 3.05) is 20.3 Å². The number of benzene rings is 1. The summed E-state index contributed by atoms with van der Waals surface area (Å²) < 4.78 is 4.92. The Morgan fingerprint density at radius 2 is 2.15 bits per heavy atom. The molecule has 5 heteroatoms. The summed E-state index contributed by atoms with van der Waals surface area (Å²) in [6, 6.07) is 7.41. The Morgan fingerprint density at radius 3 is 2.85 bits per heavy atom. The van der Waals surface area contributed by atoms with Crippen molar-refractivity contribution in [2.24, 2.45) is 0 Å². The first-order valence-corrected chi connectivity index (χ1v) is 6.86. The zero-order valence-corrected chi connectivity index (χ0v) is 12.2. The lowest BCUT2D eigenvalue weighted by molar-refractivity contribution is -0.122. The number of hydrogen-bond donors (Lipinski definition) is 3. The lowest BCUT2D eigenvalue weighted by Gasteiger charge is -2.14. The van der Waals surface area contributed by atoms with Crippen LogP contribution in [-0.4, -0.2) is 37.3 Å². The lowest BCUT2D eigenvalue weighted by atomic mass is 10.1. The van der Waals surface area contributed by atoms with Gasteiger partial charge in [0.2, 0.25) is 5.91 Å². The Kier molecular flexibility index (Phi) is 7.87. The largest absolute Gasteiger partial charge is 0.392 e. The Labute approximate surface area is 120 Å². The molecule has 0 aliphatic carbocycles. The minimum Gasteiger partial charge on any atom is -0.392 e. The van der Waals surface area contributed by atoms with Gasteiger partial charge in [0.25, 0.3) is 0 Å². The van der Waals surface area contributed by atoms with Crippen molar-refractivity contribution in [1.82, 2.24) is 10.6 Å². The third kappa shape index (κ3) is 6.14. The van der Waals surface area contributed by atoms with Crippen molar-refractivity contribution in [2.45, 2.75) is 32.5 Å². The van der Waals surface area contributed by atoms with E-state index in [2.05, 4.69) is 10.6 Å². The highest BCUT2D eigenvalue weighted by molar-refractivity contribution is 5.81. The maximum absolute atomic E-state index is 11.8. The van der Waals surface area contributed by atoms with Crippen LogP contribution in [0.3, 0.4) is 0 Å². The second kappa shape index (κ2) is 9.47. The van der Waals surface area contributed by atoms with Gasteiger partial charge in [-0.05, 0) is 24.5 Å². The molecule has 0 saturated carbocycles. The number of aliphatic hydroxyl groups excluding tert-OH is 1. The van der Waals surface area contributed by atoms with Gasteiger partial charge in [-0.15, -0.1) is 0 Å². The van der Waals surface area contributed by atoms with E-state index < -0.39 is 0 Å². The number of ether oxygens (including phenoxy) is 1. The first kappa shape index (κ1) is 16.6. The summed E-state index contributed by atoms with van der Waals surface area (Å²) in [6.45, 7) is 3.74. The van der Waals surface area contributed by atoms with Gasteiger partial charge < -0.3 is 20.5 Å². The fraction of sp³-hybridized carbons (Fsp3) is 0.533. The van der Waals surface area contributed by atoms with Gasteiger partial charge in [-0.25, -0.2) is 0 Å². The normalized spacial score (nSPS) is 12.2. The van der Waals surface area contributed by atoms with Crippen molar-refractivity contribution >= 4 is 5.91 Å². The van der Waals surface area contributed by atoms with Gasteiger partial charge in [0.05, 0.1) is 12.6 Å². The van der Waals surface area contributed by atoms with Crippen LogP contribution in [0.1, 0.15) is 24.5 Å². The van der Waals surface area contributed by atoms with Crippen LogP contribution in [0.25, 0.3) is 0 Å². The van der Waals surface area contributed by atoms with Crippen molar-refractivity contribution < 1.29 is 14.6 Å². The molecule has 112 valence electrons. The molecule has 0 heterocycles. The summed E-state index contributed by atoms with van der Waals surface area (Å²) in [5.74, 6) is -0.0144. The molecule has 1 amide bonds. The number of aliphatic hydroxyl groups is 1. The average Bonchev–Trinajstić information content (AvgIpc) is 2.49. The molecule has 0 radical (unpaired) electrons. The first-order valence-electron chi connectivity index (χ1n) is 6.86. The molecule has 1 rings (SSSR count). The topological polar surface area (TPSA) is 70.6 Å². The van der Waals surface area contributed by atoms with Gasteiger partial charge in [0.1, 0.15) is 0 Å². The van der Waals surface area contributed by atoms with E-state index in [1.165, 1.54) is 0 Å². The third-order valence-corrected chi connectivity index (χ3v) is 3.00. The third-order valence-electron chi connectivity index (χ3n) is 3.00. The molecular weight excluding hydrogens is 256 g/mol. The van der Waals surface area contributed by atoms with Gasteiger partial charge >= 0.3 is 0 Å². The number of rotatable bonds is 9. The zero-order valence-electron chi connectivity index (χ0n) is 12.2. The van der Waals surface area contributed by atoms with Crippen molar-refractivity contribution in [3.63, 3.8) is 0 Å². The Morgan fingerprint density at radius 1 is 1.40 bits per heavy atom. The Bertz CT molecular complexity index is 410. The smallest absolute Gasteiger partial charge is 0.236 e. The second-order valence-electron chi connectivity index (χ2n) is 4.72. The summed E-state index contributed by atoms with van der Waals surface area (Å²) in [4.78, 5) is 11.8. The van der Waals surface area contributed by atoms with Crippen LogP contribution >= 0.6 is 0 Å². The maximum atomic E-state index is 11.8. The van der Waals surface area contributed by atoms with E-state index in [0.29, 0.717) is 19.7 Å². The van der Waals surface area contributed by atoms with E-state index >= 15 is 0 Å². The fourth-order valence-electron chi connectivity index (χ4n) is 1.78. The molecule has 0 aliphatic rings. The number of amides is 1. The summed E-state index contributed by atoms with van der Waals surface area (Å²) >= 11 is 0. The molecule has 0 saturated heterocycles. The molecule has 20 heavy (non-hydrogen) atoms. The van der Waals surface area contributed by atoms with Crippen LogP contribution in [0.2, 0.25) is 0 Å². The number of carbonyl (C=O) groups excluding carboxylic acids is 1. The van der Waals surface area contributed by atoms with Crippen LogP contribution in [0.5, 0.6) is 0 Å². The van der Waals surface area contributed by atoms with Gasteiger partial charge in [-0.2, -0.15) is 0 Å². The lowest BCUT2D eigenvalue weighted by Crippen LogP contribution is -2.42. The van der Waals surface area contributed by atoms with E-state index in [0.717, 1.165) is 17.5 Å². The first-order chi connectivity index (χ1) is 9.67. The predicted molar refractivity (Wildman–Crippen MR) is 78.2 cm³/mol. The maximum Gasteiger partial charge on any atom is 0.236 e. The molecule has 1 aromatic rings. The van der Waals surface area contributed by atoms with Crippen LogP contribution in [0, 0.1) is 0 Å². The van der Waals surface area contributed by atoms with Gasteiger partial charge in [-0.3, -0.25) is 4.79 Å². The van der Waals surface area contributed by atoms with E-state index in [4.69, 9.17) is 9.84 Å². The van der Waals surface area contributed by atoms with E-state index in [9.17, 15) is 4.79 Å². The minimum atomic E-state index is -0.254. The van der Waals surface area contributed by atoms with E-state index in [1.807, 2.05) is 31.2 Å². The molecule has 5 nitrogen and oxygen atoms in total. The van der Waals surface area contributed by atoms with Crippen LogP contribution < -0.4 is 10.6 Å². The fourth-order valence-corrected chi connectivity index (χ4v) is 1.78. The Balaban J connectivity index is 2.30. The summed E-state index contributed by atoms with van der Waals surface area (Å²) in [6.07, 6.45) is 0.813. The molecule has 1 atom stereocenters. The highest BCUT2D eigenvalue weighted by atomic mass is 16.5. The summed E-state index contributed by atoms with van der Waals surface area (Å²) in [5, 5.41) is 15.1. The van der Waals surface area contributed by atoms with Gasteiger partial charge in [-0.1, -0.05) is 24.3 Å². The highest BCUT2D eigenvalue weighted by Crippen LogP contribution is 2.05. The molecule has 0 fully saturated rings. The van der Waals surface area contributed by atoms with Crippen molar-refractivity contribution in [1.29, 1.82) is 0 Å². The average molecular weight is 280 g/mol. The second-order valence-corrected chi connectivity index (χ2v) is 4.72. The number of carbonyl (C=O) groups is 1. The molecule has 0 aromatic heterocycles. The molecule has 1 aromatic carbocycles. The Hall–Kier alpha value is -1.43. The van der Waals surface area contributed by atoms with Crippen LogP contribution in [0.15, 0.2) is 24.3 Å². The molecule has 0 spiro atoms. The molecule has 0 aliphatic heterocycles. The number of nitrogens with one attached hydrogen (secondary N) is 2. The van der Waals surface area contributed by atoms with E-state index in [-0.39, 0.29) is 18.6 Å². The highest BCUT2D eigenvalue weighted by Gasteiger charge is 2.11. The van der Waals surface area contributed by atoms with Crippen LogP contribution in [0.4, 0.5) is 0 Å². The van der Waals surface area contributed by atoms with Gasteiger partial charge in [0.15, 0.2) is 0 Å². The predicted octanol–water partition coefficient (Wildman–Crippen LogP) is 0.810. The number of hydrogen-bond acceptors (Lipinski definition) is 4.